The molecule has 0 saturated carbocycles. The van der Waals surface area contributed by atoms with Crippen molar-refractivity contribution < 1.29 is 14.6 Å². The number of aliphatic carboxylic acids is 1. The van der Waals surface area contributed by atoms with Gasteiger partial charge in [0.1, 0.15) is 6.04 Å². The number of nitrogens with two attached hydrogens (primary N) is 1. The fourth-order valence-electron chi connectivity index (χ4n) is 1.23. The minimum absolute atomic E-state index is 0.228. The normalized spacial score (nSPS) is 30.3. The molecule has 1 saturated heterocycles. The van der Waals surface area contributed by atoms with Crippen molar-refractivity contribution in [3.05, 3.63) is 0 Å². The van der Waals surface area contributed by atoms with Crippen molar-refractivity contribution in [2.75, 3.05) is 12.4 Å². The maximum Gasteiger partial charge on any atom is 0.321 e. The number of hydrogen-bond donors (Lipinski definition) is 2. The minimum Gasteiger partial charge on any atom is -0.480 e. The Morgan fingerprint density at radius 2 is 2.54 bits per heavy atom. The fourth-order valence-corrected chi connectivity index (χ4v) is 2.44. The number of rotatable bonds is 4. The standard InChI is InChI=1S/C8H15NO3S/c1-5-7(2-3-12-5)13-4-6(9)8(10)11/h5-7H,2-4,9H2,1H3,(H,10,11). The monoisotopic (exact) mass is 205 g/mol. The molecule has 0 aromatic rings. The Morgan fingerprint density at radius 3 is 3.00 bits per heavy atom. The van der Waals surface area contributed by atoms with Crippen LogP contribution in [0.15, 0.2) is 0 Å². The molecule has 3 atom stereocenters. The summed E-state index contributed by atoms with van der Waals surface area (Å²) in [6, 6.07) is -0.752. The second kappa shape index (κ2) is 4.83. The van der Waals surface area contributed by atoms with Crippen molar-refractivity contribution in [1.29, 1.82) is 0 Å². The highest BCUT2D eigenvalue weighted by atomic mass is 32.2. The van der Waals surface area contributed by atoms with Gasteiger partial charge < -0.3 is 15.6 Å². The third-order valence-electron chi connectivity index (χ3n) is 2.11. The molecule has 0 spiro atoms. The van der Waals surface area contributed by atoms with Crippen molar-refractivity contribution >= 4 is 17.7 Å². The molecule has 76 valence electrons. The van der Waals surface area contributed by atoms with E-state index in [1.165, 1.54) is 0 Å². The van der Waals surface area contributed by atoms with Crippen LogP contribution in [0, 0.1) is 0 Å². The van der Waals surface area contributed by atoms with Crippen LogP contribution in [0.5, 0.6) is 0 Å². The zero-order valence-electron chi connectivity index (χ0n) is 7.60. The van der Waals surface area contributed by atoms with E-state index in [-0.39, 0.29) is 6.10 Å². The van der Waals surface area contributed by atoms with Crippen LogP contribution < -0.4 is 5.73 Å². The molecule has 1 heterocycles. The summed E-state index contributed by atoms with van der Waals surface area (Å²) in [5.74, 6) is -0.465. The third-order valence-corrected chi connectivity index (χ3v) is 3.71. The second-order valence-corrected chi connectivity index (χ2v) is 4.45. The molecular formula is C8H15NO3S. The van der Waals surface area contributed by atoms with Gasteiger partial charge in [0.05, 0.1) is 6.10 Å². The number of carboxylic acids is 1. The van der Waals surface area contributed by atoms with Gasteiger partial charge in [0.2, 0.25) is 0 Å². The molecule has 1 rings (SSSR count). The summed E-state index contributed by atoms with van der Waals surface area (Å²) in [4.78, 5) is 10.4. The lowest BCUT2D eigenvalue weighted by Crippen LogP contribution is -2.33. The predicted molar refractivity (Wildman–Crippen MR) is 51.9 cm³/mol. The van der Waals surface area contributed by atoms with Crippen molar-refractivity contribution in [3.63, 3.8) is 0 Å². The van der Waals surface area contributed by atoms with Crippen molar-refractivity contribution in [2.24, 2.45) is 5.73 Å². The number of carboxylic acid groups (broad SMARTS) is 1. The van der Waals surface area contributed by atoms with Gasteiger partial charge >= 0.3 is 5.97 Å². The molecule has 1 aliphatic rings. The molecule has 0 aromatic carbocycles. The maximum atomic E-state index is 10.4. The van der Waals surface area contributed by atoms with E-state index in [0.717, 1.165) is 13.0 Å². The van der Waals surface area contributed by atoms with Gasteiger partial charge in [0.15, 0.2) is 0 Å². The summed E-state index contributed by atoms with van der Waals surface area (Å²) in [5, 5.41) is 8.96. The van der Waals surface area contributed by atoms with Crippen molar-refractivity contribution in [2.45, 2.75) is 30.7 Å². The number of carbonyl (C=O) groups is 1. The van der Waals surface area contributed by atoms with Gasteiger partial charge in [-0.3, -0.25) is 4.79 Å². The molecule has 0 aromatic heterocycles. The molecular weight excluding hydrogens is 190 g/mol. The van der Waals surface area contributed by atoms with Gasteiger partial charge in [-0.15, -0.1) is 0 Å². The van der Waals surface area contributed by atoms with Crippen LogP contribution in [0.1, 0.15) is 13.3 Å². The Hall–Kier alpha value is -0.260. The molecule has 0 bridgehead atoms. The van der Waals surface area contributed by atoms with Gasteiger partial charge in [-0.25, -0.2) is 0 Å². The summed E-state index contributed by atoms with van der Waals surface area (Å²) in [7, 11) is 0. The molecule has 1 aliphatic heterocycles. The largest absolute Gasteiger partial charge is 0.480 e. The molecule has 4 nitrogen and oxygen atoms in total. The molecule has 3 N–H and O–H groups in total. The van der Waals surface area contributed by atoms with Gasteiger partial charge in [-0.1, -0.05) is 0 Å². The third kappa shape index (κ3) is 3.17. The number of ether oxygens (including phenoxy) is 1. The minimum atomic E-state index is -0.931. The lowest BCUT2D eigenvalue weighted by Gasteiger charge is -2.14. The van der Waals surface area contributed by atoms with E-state index >= 15 is 0 Å². The first kappa shape index (κ1) is 10.8. The number of thioether (sulfide) groups is 1. The molecule has 3 unspecified atom stereocenters. The first-order valence-electron chi connectivity index (χ1n) is 4.33. The van der Waals surface area contributed by atoms with E-state index in [2.05, 4.69) is 0 Å². The molecule has 0 radical (unpaired) electrons. The first-order valence-corrected chi connectivity index (χ1v) is 5.37. The molecule has 13 heavy (non-hydrogen) atoms. The average Bonchev–Trinajstić information content (AvgIpc) is 2.47. The highest BCUT2D eigenvalue weighted by Gasteiger charge is 2.25. The van der Waals surface area contributed by atoms with E-state index in [1.807, 2.05) is 6.92 Å². The average molecular weight is 205 g/mol. The van der Waals surface area contributed by atoms with Crippen LogP contribution in [0.25, 0.3) is 0 Å². The lowest BCUT2D eigenvalue weighted by molar-refractivity contribution is -0.137. The maximum absolute atomic E-state index is 10.4. The van der Waals surface area contributed by atoms with Crippen LogP contribution in [-0.4, -0.2) is 40.8 Å². The van der Waals surface area contributed by atoms with E-state index < -0.39 is 12.0 Å². The summed E-state index contributed by atoms with van der Waals surface area (Å²) >= 11 is 1.60. The Balaban J connectivity index is 2.22. The van der Waals surface area contributed by atoms with Crippen LogP contribution in [-0.2, 0) is 9.53 Å². The van der Waals surface area contributed by atoms with Crippen LogP contribution in [0.2, 0.25) is 0 Å². The topological polar surface area (TPSA) is 72.5 Å². The van der Waals surface area contributed by atoms with E-state index in [1.54, 1.807) is 11.8 Å². The number of hydrogen-bond acceptors (Lipinski definition) is 4. The van der Waals surface area contributed by atoms with Gasteiger partial charge in [0, 0.05) is 17.6 Å². The Kier molecular flexibility index (Phi) is 4.02. The SMILES string of the molecule is CC1OCCC1SCC(N)C(=O)O. The van der Waals surface area contributed by atoms with E-state index in [0.29, 0.717) is 11.0 Å². The van der Waals surface area contributed by atoms with Gasteiger partial charge in [-0.2, -0.15) is 11.8 Å². The van der Waals surface area contributed by atoms with Crippen molar-refractivity contribution in [1.82, 2.24) is 0 Å². The summed E-state index contributed by atoms with van der Waals surface area (Å²) in [6.45, 7) is 2.79. The fraction of sp³-hybridized carbons (Fsp3) is 0.875. The van der Waals surface area contributed by atoms with Crippen LogP contribution in [0.3, 0.4) is 0 Å². The zero-order chi connectivity index (χ0) is 9.84. The smallest absolute Gasteiger partial charge is 0.321 e. The predicted octanol–water partition coefficient (Wildman–Crippen LogP) is 0.309. The summed E-state index contributed by atoms with van der Waals surface area (Å²) in [5.41, 5.74) is 5.38. The zero-order valence-corrected chi connectivity index (χ0v) is 8.42. The van der Waals surface area contributed by atoms with Crippen LogP contribution in [0.4, 0.5) is 0 Å². The first-order chi connectivity index (χ1) is 6.11. The van der Waals surface area contributed by atoms with E-state index in [9.17, 15) is 4.79 Å². The highest BCUT2D eigenvalue weighted by Crippen LogP contribution is 2.26. The van der Waals surface area contributed by atoms with Crippen LogP contribution >= 0.6 is 11.8 Å². The Labute approximate surface area is 81.8 Å². The summed E-state index contributed by atoms with van der Waals surface area (Å²) in [6.07, 6.45) is 1.23. The molecule has 5 heteroatoms. The Bertz CT molecular complexity index is 188. The van der Waals surface area contributed by atoms with Gasteiger partial charge in [-0.05, 0) is 13.3 Å². The molecule has 1 fully saturated rings. The second-order valence-electron chi connectivity index (χ2n) is 3.18. The lowest BCUT2D eigenvalue weighted by atomic mass is 10.3. The highest BCUT2D eigenvalue weighted by molar-refractivity contribution is 8.00. The summed E-state index contributed by atoms with van der Waals surface area (Å²) < 4.78 is 5.35. The van der Waals surface area contributed by atoms with E-state index in [4.69, 9.17) is 15.6 Å². The van der Waals surface area contributed by atoms with Crippen molar-refractivity contribution in [3.8, 4) is 0 Å². The molecule has 0 aliphatic carbocycles. The quantitative estimate of drug-likeness (QED) is 0.691. The Morgan fingerprint density at radius 1 is 1.85 bits per heavy atom. The van der Waals surface area contributed by atoms with Gasteiger partial charge in [0.25, 0.3) is 0 Å². The molecule has 0 amide bonds.